The standard InChI is InChI=1S/C13H8BN3O6/c14-8-3-7(13(19)11(4-8)17(22)23)6-15-10-2-1-9(16(20)21)5-12(10)18/h1-6,18-19H. The molecule has 0 saturated heterocycles. The van der Waals surface area contributed by atoms with Crippen LogP contribution in [0.25, 0.3) is 0 Å². The minimum absolute atomic E-state index is 0.0138. The molecule has 2 radical (unpaired) electrons. The molecule has 114 valence electrons. The van der Waals surface area contributed by atoms with E-state index in [1.165, 1.54) is 12.1 Å². The van der Waals surface area contributed by atoms with Gasteiger partial charge in [-0.25, -0.2) is 0 Å². The maximum absolute atomic E-state index is 10.8. The van der Waals surface area contributed by atoms with E-state index in [9.17, 15) is 30.4 Å². The van der Waals surface area contributed by atoms with Gasteiger partial charge in [-0.3, -0.25) is 25.2 Å². The van der Waals surface area contributed by atoms with E-state index in [1.807, 2.05) is 0 Å². The van der Waals surface area contributed by atoms with Gasteiger partial charge in [0.15, 0.2) is 0 Å². The average molecular weight is 313 g/mol. The number of nitrogens with zero attached hydrogens (tertiary/aromatic N) is 3. The molecule has 0 amide bonds. The molecule has 2 aromatic carbocycles. The van der Waals surface area contributed by atoms with Gasteiger partial charge in [0.25, 0.3) is 5.69 Å². The SMILES string of the molecule is [B]c1cc(C=Nc2ccc([N+](=O)[O-])cc2O)c(O)c([N+](=O)[O-])c1. The van der Waals surface area contributed by atoms with Crippen molar-refractivity contribution >= 4 is 36.6 Å². The molecule has 0 aliphatic heterocycles. The zero-order valence-electron chi connectivity index (χ0n) is 11.4. The third kappa shape index (κ3) is 3.43. The van der Waals surface area contributed by atoms with E-state index in [0.29, 0.717) is 0 Å². The van der Waals surface area contributed by atoms with E-state index in [-0.39, 0.29) is 22.4 Å². The highest BCUT2D eigenvalue weighted by atomic mass is 16.6. The normalized spacial score (nSPS) is 10.8. The van der Waals surface area contributed by atoms with Crippen LogP contribution in [0, 0.1) is 20.2 Å². The molecule has 0 aromatic heterocycles. The summed E-state index contributed by atoms with van der Waals surface area (Å²) in [6.07, 6.45) is 1.06. The lowest BCUT2D eigenvalue weighted by Gasteiger charge is -2.03. The van der Waals surface area contributed by atoms with E-state index in [0.717, 1.165) is 24.4 Å². The quantitative estimate of drug-likeness (QED) is 0.379. The van der Waals surface area contributed by atoms with Crippen LogP contribution in [0.5, 0.6) is 11.5 Å². The van der Waals surface area contributed by atoms with Crippen molar-refractivity contribution in [2.45, 2.75) is 0 Å². The zero-order valence-corrected chi connectivity index (χ0v) is 11.4. The number of aliphatic imine (C=N–C) groups is 1. The number of phenolic OH excluding ortho intramolecular Hbond substituents is 2. The molecule has 0 saturated carbocycles. The number of non-ortho nitro benzene ring substituents is 1. The lowest BCUT2D eigenvalue weighted by molar-refractivity contribution is -0.385. The monoisotopic (exact) mass is 313 g/mol. The summed E-state index contributed by atoms with van der Waals surface area (Å²) in [4.78, 5) is 23.7. The fourth-order valence-electron chi connectivity index (χ4n) is 1.77. The predicted molar refractivity (Wildman–Crippen MR) is 82.2 cm³/mol. The van der Waals surface area contributed by atoms with Gasteiger partial charge in [0.1, 0.15) is 19.3 Å². The first-order valence-electron chi connectivity index (χ1n) is 6.08. The summed E-state index contributed by atoms with van der Waals surface area (Å²) in [7, 11) is 5.52. The van der Waals surface area contributed by atoms with Crippen LogP contribution in [0.2, 0.25) is 0 Å². The molecule has 0 atom stereocenters. The first-order valence-corrected chi connectivity index (χ1v) is 6.08. The van der Waals surface area contributed by atoms with E-state index < -0.39 is 27.0 Å². The first-order chi connectivity index (χ1) is 10.8. The van der Waals surface area contributed by atoms with E-state index in [2.05, 4.69) is 4.99 Å². The van der Waals surface area contributed by atoms with Gasteiger partial charge in [-0.1, -0.05) is 11.5 Å². The molecule has 9 nitrogen and oxygen atoms in total. The van der Waals surface area contributed by atoms with Crippen LogP contribution in [0.4, 0.5) is 17.1 Å². The highest BCUT2D eigenvalue weighted by Gasteiger charge is 2.17. The molecule has 0 aliphatic carbocycles. The third-order valence-corrected chi connectivity index (χ3v) is 2.85. The van der Waals surface area contributed by atoms with Crippen LogP contribution in [0.3, 0.4) is 0 Å². The minimum Gasteiger partial charge on any atom is -0.505 e. The Labute approximate surface area is 130 Å². The van der Waals surface area contributed by atoms with Crippen molar-refractivity contribution in [3.8, 4) is 11.5 Å². The number of hydrogen-bond acceptors (Lipinski definition) is 7. The lowest BCUT2D eigenvalue weighted by atomic mass is 9.93. The average Bonchev–Trinajstić information content (AvgIpc) is 2.48. The maximum atomic E-state index is 10.8. The number of rotatable bonds is 4. The fraction of sp³-hybridized carbons (Fsp3) is 0. The fourth-order valence-corrected chi connectivity index (χ4v) is 1.77. The van der Waals surface area contributed by atoms with Crippen LogP contribution in [0.1, 0.15) is 5.56 Å². The Balaban J connectivity index is 2.41. The van der Waals surface area contributed by atoms with Crippen LogP contribution in [0.15, 0.2) is 35.3 Å². The van der Waals surface area contributed by atoms with Crippen molar-refractivity contribution in [3.63, 3.8) is 0 Å². The van der Waals surface area contributed by atoms with Gasteiger partial charge in [0, 0.05) is 23.9 Å². The van der Waals surface area contributed by atoms with Crippen molar-refractivity contribution in [1.82, 2.24) is 0 Å². The van der Waals surface area contributed by atoms with E-state index in [4.69, 9.17) is 7.85 Å². The second-order valence-electron chi connectivity index (χ2n) is 4.42. The van der Waals surface area contributed by atoms with Crippen molar-refractivity contribution in [1.29, 1.82) is 0 Å². The molecule has 2 rings (SSSR count). The second-order valence-corrected chi connectivity index (χ2v) is 4.42. The lowest BCUT2D eigenvalue weighted by Crippen LogP contribution is -2.06. The zero-order chi connectivity index (χ0) is 17.1. The molecule has 0 heterocycles. The summed E-state index contributed by atoms with van der Waals surface area (Å²) >= 11 is 0. The van der Waals surface area contributed by atoms with Crippen LogP contribution < -0.4 is 5.46 Å². The third-order valence-electron chi connectivity index (χ3n) is 2.85. The summed E-state index contributed by atoms with van der Waals surface area (Å²) in [5, 5.41) is 40.8. The first kappa shape index (κ1) is 16.0. The largest absolute Gasteiger partial charge is 0.505 e. The van der Waals surface area contributed by atoms with Gasteiger partial charge in [-0.2, -0.15) is 0 Å². The number of hydrogen-bond donors (Lipinski definition) is 2. The Bertz CT molecular complexity index is 837. The smallest absolute Gasteiger partial charge is 0.310 e. The molecule has 0 spiro atoms. The predicted octanol–water partition coefficient (Wildman–Crippen LogP) is 1.46. The van der Waals surface area contributed by atoms with Gasteiger partial charge >= 0.3 is 5.69 Å². The van der Waals surface area contributed by atoms with Crippen molar-refractivity contribution < 1.29 is 20.1 Å². The van der Waals surface area contributed by atoms with Crippen LogP contribution in [-0.2, 0) is 0 Å². The van der Waals surface area contributed by atoms with E-state index in [1.54, 1.807) is 0 Å². The number of nitro groups is 2. The topological polar surface area (TPSA) is 139 Å². The molecule has 10 heteroatoms. The maximum Gasteiger partial charge on any atom is 0.310 e. The Morgan fingerprint density at radius 3 is 2.35 bits per heavy atom. The Morgan fingerprint density at radius 2 is 1.78 bits per heavy atom. The Hall–Kier alpha value is -3.43. The Morgan fingerprint density at radius 1 is 1.09 bits per heavy atom. The minimum atomic E-state index is -0.799. The highest BCUT2D eigenvalue weighted by molar-refractivity contribution is 6.33. The van der Waals surface area contributed by atoms with Gasteiger partial charge in [0.05, 0.1) is 15.9 Å². The number of aromatic hydroxyl groups is 2. The Kier molecular flexibility index (Phi) is 4.26. The van der Waals surface area contributed by atoms with Crippen LogP contribution in [-0.4, -0.2) is 34.1 Å². The van der Waals surface area contributed by atoms with Gasteiger partial charge < -0.3 is 10.2 Å². The second kappa shape index (κ2) is 6.14. The van der Waals surface area contributed by atoms with Crippen molar-refractivity contribution in [3.05, 3.63) is 56.1 Å². The van der Waals surface area contributed by atoms with Gasteiger partial charge in [0.2, 0.25) is 5.75 Å². The molecule has 0 unspecified atom stereocenters. The van der Waals surface area contributed by atoms with Crippen molar-refractivity contribution in [2.75, 3.05) is 0 Å². The molecule has 2 aromatic rings. The summed E-state index contributed by atoms with van der Waals surface area (Å²) in [6.45, 7) is 0. The number of nitro benzene ring substituents is 2. The summed E-state index contributed by atoms with van der Waals surface area (Å²) in [6, 6.07) is 5.49. The molecule has 2 N–H and O–H groups in total. The summed E-state index contributed by atoms with van der Waals surface area (Å²) < 4.78 is 0. The van der Waals surface area contributed by atoms with E-state index >= 15 is 0 Å². The van der Waals surface area contributed by atoms with Gasteiger partial charge in [-0.15, -0.1) is 0 Å². The van der Waals surface area contributed by atoms with Crippen LogP contribution >= 0.6 is 0 Å². The number of benzene rings is 2. The highest BCUT2D eigenvalue weighted by Crippen LogP contribution is 2.31. The molecular weight excluding hydrogens is 305 g/mol. The molecule has 23 heavy (non-hydrogen) atoms. The number of phenols is 2. The van der Waals surface area contributed by atoms with Crippen molar-refractivity contribution in [2.24, 2.45) is 4.99 Å². The molecule has 0 fully saturated rings. The summed E-state index contributed by atoms with van der Waals surface area (Å²) in [5.74, 6) is -1.08. The summed E-state index contributed by atoms with van der Waals surface area (Å²) in [5.41, 5.74) is -0.901. The molecule has 0 aliphatic rings. The molecule has 0 bridgehead atoms. The van der Waals surface area contributed by atoms with Gasteiger partial charge in [-0.05, 0) is 6.07 Å². The molecular formula is C13H8BN3O6.